The zero-order valence-corrected chi connectivity index (χ0v) is 19.3. The molecule has 3 aromatic carbocycles. The number of nitrogens with one attached hydrogen (secondary N) is 2. The van der Waals surface area contributed by atoms with Crippen LogP contribution in [0.1, 0.15) is 39.9 Å². The van der Waals surface area contributed by atoms with Crippen molar-refractivity contribution in [1.29, 1.82) is 0 Å². The summed E-state index contributed by atoms with van der Waals surface area (Å²) in [4.78, 5) is 28.5. The summed E-state index contributed by atoms with van der Waals surface area (Å²) in [6.07, 6.45) is -2.86. The number of hydrogen-bond acceptors (Lipinski definition) is 4. The molecule has 36 heavy (non-hydrogen) atoms. The van der Waals surface area contributed by atoms with Gasteiger partial charge in [-0.15, -0.1) is 0 Å². The van der Waals surface area contributed by atoms with E-state index in [9.17, 15) is 22.8 Å². The van der Waals surface area contributed by atoms with Crippen LogP contribution in [-0.2, 0) is 11.0 Å². The Morgan fingerprint density at radius 1 is 1.00 bits per heavy atom. The van der Waals surface area contributed by atoms with E-state index in [-0.39, 0.29) is 28.9 Å². The lowest BCUT2D eigenvalue weighted by Crippen LogP contribution is -2.18. The summed E-state index contributed by atoms with van der Waals surface area (Å²) in [6.45, 7) is 1.84. The third-order valence-electron chi connectivity index (χ3n) is 5.71. The number of aliphatic imine (C=N–C) groups is 1. The van der Waals surface area contributed by atoms with Crippen molar-refractivity contribution in [3.63, 3.8) is 0 Å². The molecule has 1 aliphatic carbocycles. The Bertz CT molecular complexity index is 1360. The third-order valence-corrected chi connectivity index (χ3v) is 5.71. The largest absolute Gasteiger partial charge is 0.416 e. The molecule has 0 bridgehead atoms. The first-order chi connectivity index (χ1) is 17.0. The van der Waals surface area contributed by atoms with Crippen molar-refractivity contribution >= 4 is 40.4 Å². The predicted molar refractivity (Wildman–Crippen MR) is 133 cm³/mol. The summed E-state index contributed by atoms with van der Waals surface area (Å²) in [5.41, 5.74) is 14.3. The molecule has 2 amide bonds. The van der Waals surface area contributed by atoms with Gasteiger partial charge in [0.1, 0.15) is 5.84 Å². The van der Waals surface area contributed by atoms with E-state index in [4.69, 9.17) is 11.5 Å². The molecule has 4 rings (SSSR count). The second-order valence-electron chi connectivity index (χ2n) is 8.60. The first kappa shape index (κ1) is 24.8. The van der Waals surface area contributed by atoms with Gasteiger partial charge in [0.2, 0.25) is 0 Å². The number of carbonyl (C=O) groups excluding carboxylic acids is 2. The Labute approximate surface area is 205 Å². The average Bonchev–Trinajstić information content (AvgIpc) is 3.66. The number of halogens is 3. The first-order valence-corrected chi connectivity index (χ1v) is 11.2. The summed E-state index contributed by atoms with van der Waals surface area (Å²) >= 11 is 0. The number of amides is 2. The van der Waals surface area contributed by atoms with Gasteiger partial charge in [-0.1, -0.05) is 12.1 Å². The van der Waals surface area contributed by atoms with E-state index in [1.807, 2.05) is 6.92 Å². The van der Waals surface area contributed by atoms with Crippen LogP contribution in [0.3, 0.4) is 0 Å². The van der Waals surface area contributed by atoms with Crippen molar-refractivity contribution in [2.24, 2.45) is 16.6 Å². The van der Waals surface area contributed by atoms with E-state index in [1.165, 1.54) is 12.1 Å². The van der Waals surface area contributed by atoms with Crippen LogP contribution in [-0.4, -0.2) is 17.6 Å². The van der Waals surface area contributed by atoms with Crippen LogP contribution < -0.4 is 22.1 Å². The standard InChI is InChI=1S/C26H24F3N5O2/c1-14-5-6-16(25(36)33-18-4-2-3-17(12-18)26(27,28)29)11-22(14)32-19-9-10-20(21(30)13-19)23(31)34-24(35)15-7-8-15/h2-6,9-13,15,32H,7-8,30H2,1H3,(H,33,36)(H2,31,34,35). The number of nitrogen functional groups attached to an aromatic ring is 1. The van der Waals surface area contributed by atoms with E-state index in [2.05, 4.69) is 15.6 Å². The van der Waals surface area contributed by atoms with Gasteiger partial charge in [0.05, 0.1) is 5.56 Å². The summed E-state index contributed by atoms with van der Waals surface area (Å²) in [5.74, 6) is -0.798. The molecule has 1 saturated carbocycles. The second-order valence-corrected chi connectivity index (χ2v) is 8.60. The van der Waals surface area contributed by atoms with Crippen LogP contribution in [0.15, 0.2) is 65.7 Å². The molecule has 10 heteroatoms. The van der Waals surface area contributed by atoms with Crippen LogP contribution >= 0.6 is 0 Å². The van der Waals surface area contributed by atoms with Gasteiger partial charge in [0.25, 0.3) is 11.8 Å². The highest BCUT2D eigenvalue weighted by molar-refractivity contribution is 6.08. The quantitative estimate of drug-likeness (QED) is 0.212. The highest BCUT2D eigenvalue weighted by atomic mass is 19.4. The van der Waals surface area contributed by atoms with Crippen LogP contribution in [0.5, 0.6) is 0 Å². The molecule has 3 aromatic rings. The van der Waals surface area contributed by atoms with Gasteiger partial charge in [-0.2, -0.15) is 18.2 Å². The Kier molecular flexibility index (Phi) is 6.69. The van der Waals surface area contributed by atoms with E-state index < -0.39 is 17.6 Å². The molecule has 1 fully saturated rings. The van der Waals surface area contributed by atoms with Gasteiger partial charge in [-0.3, -0.25) is 9.59 Å². The molecule has 186 valence electrons. The normalized spacial score (nSPS) is 13.8. The average molecular weight is 496 g/mol. The monoisotopic (exact) mass is 495 g/mol. The van der Waals surface area contributed by atoms with Gasteiger partial charge in [0, 0.05) is 39.8 Å². The topological polar surface area (TPSA) is 123 Å². The van der Waals surface area contributed by atoms with Crippen molar-refractivity contribution in [1.82, 2.24) is 0 Å². The number of aryl methyl sites for hydroxylation is 1. The third kappa shape index (κ3) is 5.83. The number of benzene rings is 3. The molecule has 6 N–H and O–H groups in total. The molecule has 0 aliphatic heterocycles. The van der Waals surface area contributed by atoms with E-state index >= 15 is 0 Å². The fourth-order valence-electron chi connectivity index (χ4n) is 3.50. The van der Waals surface area contributed by atoms with Gasteiger partial charge in [-0.25, -0.2) is 0 Å². The predicted octanol–water partition coefficient (Wildman–Crippen LogP) is 5.23. The zero-order valence-electron chi connectivity index (χ0n) is 19.3. The van der Waals surface area contributed by atoms with Crippen molar-refractivity contribution < 1.29 is 22.8 Å². The van der Waals surface area contributed by atoms with Gasteiger partial charge < -0.3 is 22.1 Å². The number of nitrogens with zero attached hydrogens (tertiary/aromatic N) is 1. The maximum Gasteiger partial charge on any atom is 0.416 e. The van der Waals surface area contributed by atoms with Crippen LogP contribution in [0.2, 0.25) is 0 Å². The number of carbonyl (C=O) groups is 2. The number of alkyl halides is 3. The SMILES string of the molecule is Cc1ccc(C(=O)Nc2cccc(C(F)(F)F)c2)cc1Nc1ccc(C(N)=NC(=O)C2CC2)c(N)c1. The van der Waals surface area contributed by atoms with Crippen molar-refractivity contribution in [2.75, 3.05) is 16.4 Å². The fourth-order valence-corrected chi connectivity index (χ4v) is 3.50. The highest BCUT2D eigenvalue weighted by Gasteiger charge is 2.31. The first-order valence-electron chi connectivity index (χ1n) is 11.2. The van der Waals surface area contributed by atoms with Gasteiger partial charge in [0.15, 0.2) is 0 Å². The molecule has 1 aliphatic rings. The fraction of sp³-hybridized carbons (Fsp3) is 0.192. The molecule has 0 aromatic heterocycles. The highest BCUT2D eigenvalue weighted by Crippen LogP contribution is 2.32. The number of hydrogen-bond donors (Lipinski definition) is 4. The molecule has 0 saturated heterocycles. The minimum Gasteiger partial charge on any atom is -0.398 e. The molecular formula is C26H24F3N5O2. The number of nitrogens with two attached hydrogens (primary N) is 2. The molecule has 0 unspecified atom stereocenters. The zero-order chi connectivity index (χ0) is 26.0. The lowest BCUT2D eigenvalue weighted by Gasteiger charge is -2.14. The molecular weight excluding hydrogens is 471 g/mol. The smallest absolute Gasteiger partial charge is 0.398 e. The summed E-state index contributed by atoms with van der Waals surface area (Å²) in [6, 6.07) is 14.3. The Balaban J connectivity index is 1.50. The molecule has 0 radical (unpaired) electrons. The Morgan fingerprint density at radius 2 is 1.75 bits per heavy atom. The Hall–Kier alpha value is -4.34. The lowest BCUT2D eigenvalue weighted by atomic mass is 10.1. The number of rotatable bonds is 6. The maximum absolute atomic E-state index is 13.0. The van der Waals surface area contributed by atoms with Crippen LogP contribution in [0.4, 0.5) is 35.9 Å². The van der Waals surface area contributed by atoms with Crippen molar-refractivity contribution in [3.05, 3.63) is 82.9 Å². The van der Waals surface area contributed by atoms with Gasteiger partial charge >= 0.3 is 6.18 Å². The maximum atomic E-state index is 13.0. The molecule has 0 atom stereocenters. The summed E-state index contributed by atoms with van der Waals surface area (Å²) in [5, 5.41) is 5.68. The van der Waals surface area contributed by atoms with E-state index in [0.29, 0.717) is 22.6 Å². The summed E-state index contributed by atoms with van der Waals surface area (Å²) < 4.78 is 38.9. The Morgan fingerprint density at radius 3 is 2.42 bits per heavy atom. The number of amidine groups is 1. The van der Waals surface area contributed by atoms with Crippen molar-refractivity contribution in [3.8, 4) is 0 Å². The minimum atomic E-state index is -4.51. The number of anilines is 4. The molecule has 0 heterocycles. The van der Waals surface area contributed by atoms with Gasteiger partial charge in [-0.05, 0) is 73.9 Å². The lowest BCUT2D eigenvalue weighted by molar-refractivity contribution is -0.137. The molecule has 7 nitrogen and oxygen atoms in total. The second kappa shape index (κ2) is 9.73. The van der Waals surface area contributed by atoms with E-state index in [1.54, 1.807) is 36.4 Å². The van der Waals surface area contributed by atoms with Crippen LogP contribution in [0.25, 0.3) is 0 Å². The van der Waals surface area contributed by atoms with Crippen LogP contribution in [0, 0.1) is 12.8 Å². The van der Waals surface area contributed by atoms with Crippen molar-refractivity contribution in [2.45, 2.75) is 25.9 Å². The van der Waals surface area contributed by atoms with E-state index in [0.717, 1.165) is 30.5 Å². The molecule has 0 spiro atoms. The minimum absolute atomic E-state index is 0.0349. The summed E-state index contributed by atoms with van der Waals surface area (Å²) in [7, 11) is 0.